The minimum absolute atomic E-state index is 0.0143. The molecule has 21 nitrogen and oxygen atoms in total. The van der Waals surface area contributed by atoms with Gasteiger partial charge in [-0.1, -0.05) is 41.5 Å². The Morgan fingerprint density at radius 1 is 0.683 bits per heavy atom. The van der Waals surface area contributed by atoms with Crippen LogP contribution < -0.4 is 27.0 Å². The molecule has 4 rings (SSSR count). The van der Waals surface area contributed by atoms with Crippen LogP contribution in [0.15, 0.2) is 12.5 Å². The van der Waals surface area contributed by atoms with Crippen LogP contribution in [0, 0.1) is 17.8 Å². The van der Waals surface area contributed by atoms with Crippen molar-refractivity contribution in [3.63, 3.8) is 0 Å². The number of aliphatic carboxylic acids is 2. The van der Waals surface area contributed by atoms with Gasteiger partial charge in [-0.25, -0.2) is 9.78 Å². The van der Waals surface area contributed by atoms with Crippen LogP contribution in [-0.4, -0.2) is 156 Å². The SMILES string of the molecule is CC(C)C[C@H](NC(=O)[C@@H]1CCCN1C(=O)[C@H](CC(C)C)NC(=O)[C@@H]1CCCN1C(=O)[C@@H](NC(=O)[C@H](Cc1c[nH]cn1)NC(=O)[C@@H](N)CC(=O)O)C(C)C)C(=O)N1CCC[C@H]1C(=O)O. The van der Waals surface area contributed by atoms with Crippen LogP contribution in [0.2, 0.25) is 0 Å². The first-order valence-corrected chi connectivity index (χ1v) is 22.0. The zero-order valence-electron chi connectivity index (χ0n) is 37.1. The van der Waals surface area contributed by atoms with Crippen molar-refractivity contribution in [3.05, 3.63) is 18.2 Å². The normalized spacial score (nSPS) is 21.2. The number of carbonyl (C=O) groups excluding carboxylic acids is 7. The van der Waals surface area contributed by atoms with Gasteiger partial charge < -0.3 is 56.9 Å². The van der Waals surface area contributed by atoms with Gasteiger partial charge in [-0.3, -0.25) is 38.4 Å². The Bertz CT molecular complexity index is 1820. The quantitative estimate of drug-likeness (QED) is 0.0774. The van der Waals surface area contributed by atoms with E-state index in [2.05, 4.69) is 31.2 Å². The Balaban J connectivity index is 1.48. The van der Waals surface area contributed by atoms with Crippen molar-refractivity contribution in [3.8, 4) is 0 Å². The highest BCUT2D eigenvalue weighted by atomic mass is 16.4. The fraction of sp³-hybridized carbons (Fsp3) is 0.714. The Labute approximate surface area is 367 Å². The first-order valence-electron chi connectivity index (χ1n) is 22.0. The third-order valence-corrected chi connectivity index (χ3v) is 11.7. The van der Waals surface area contributed by atoms with E-state index in [1.807, 2.05) is 27.7 Å². The molecule has 3 aliphatic rings. The van der Waals surface area contributed by atoms with Crippen molar-refractivity contribution in [2.45, 2.75) is 154 Å². The van der Waals surface area contributed by atoms with Crippen molar-refractivity contribution in [2.24, 2.45) is 23.5 Å². The Morgan fingerprint density at radius 3 is 1.59 bits per heavy atom. The second-order valence-electron chi connectivity index (χ2n) is 18.0. The van der Waals surface area contributed by atoms with E-state index in [9.17, 15) is 48.3 Å². The zero-order valence-corrected chi connectivity index (χ0v) is 37.1. The van der Waals surface area contributed by atoms with Gasteiger partial charge in [0.15, 0.2) is 0 Å². The van der Waals surface area contributed by atoms with Gasteiger partial charge in [-0.05, 0) is 69.1 Å². The van der Waals surface area contributed by atoms with Crippen LogP contribution >= 0.6 is 0 Å². The monoisotopic (exact) mass is 886 g/mol. The lowest BCUT2D eigenvalue weighted by molar-refractivity contribution is -0.150. The summed E-state index contributed by atoms with van der Waals surface area (Å²) in [5.74, 6) is -7.25. The van der Waals surface area contributed by atoms with E-state index in [4.69, 9.17) is 10.8 Å². The Hall–Kier alpha value is -5.60. The number of H-pyrrole nitrogens is 1. The summed E-state index contributed by atoms with van der Waals surface area (Å²) in [5.41, 5.74) is 6.16. The predicted octanol–water partition coefficient (Wildman–Crippen LogP) is -0.501. The molecule has 3 fully saturated rings. The highest BCUT2D eigenvalue weighted by Crippen LogP contribution is 2.25. The number of aromatic nitrogens is 2. The number of carboxylic acids is 2. The summed E-state index contributed by atoms with van der Waals surface area (Å²) in [7, 11) is 0. The topological polar surface area (TPSA) is 307 Å². The fourth-order valence-electron chi connectivity index (χ4n) is 8.54. The molecular formula is C42H66N10O11. The third kappa shape index (κ3) is 13.4. The molecule has 3 aliphatic heterocycles. The maximum atomic E-state index is 14.3. The van der Waals surface area contributed by atoms with E-state index >= 15 is 0 Å². The lowest BCUT2D eigenvalue weighted by Gasteiger charge is -2.34. The molecule has 1 aromatic rings. The molecule has 7 amide bonds. The lowest BCUT2D eigenvalue weighted by atomic mass is 9.99. The molecule has 21 heteroatoms. The molecule has 63 heavy (non-hydrogen) atoms. The molecule has 0 aromatic carbocycles. The highest BCUT2D eigenvalue weighted by Gasteiger charge is 2.44. The number of imidazole rings is 1. The average molecular weight is 887 g/mol. The summed E-state index contributed by atoms with van der Waals surface area (Å²) in [6, 6.07) is -8.84. The molecule has 0 spiro atoms. The maximum Gasteiger partial charge on any atom is 0.326 e. The van der Waals surface area contributed by atoms with Crippen LogP contribution in [0.4, 0.5) is 0 Å². The van der Waals surface area contributed by atoms with E-state index < -0.39 is 114 Å². The predicted molar refractivity (Wildman–Crippen MR) is 226 cm³/mol. The number of amides is 7. The van der Waals surface area contributed by atoms with E-state index in [0.717, 1.165) is 0 Å². The largest absolute Gasteiger partial charge is 0.481 e. The molecule has 9 N–H and O–H groups in total. The smallest absolute Gasteiger partial charge is 0.326 e. The Kier molecular flexibility index (Phi) is 18.0. The molecule has 0 radical (unpaired) electrons. The number of aromatic amines is 1. The molecule has 1 aromatic heterocycles. The average Bonchev–Trinajstić information content (AvgIpc) is 4.05. The highest BCUT2D eigenvalue weighted by molar-refractivity contribution is 5.98. The van der Waals surface area contributed by atoms with Gasteiger partial charge >= 0.3 is 11.9 Å². The fourth-order valence-corrected chi connectivity index (χ4v) is 8.54. The van der Waals surface area contributed by atoms with Gasteiger partial charge in [0.25, 0.3) is 0 Å². The number of nitrogens with one attached hydrogen (secondary N) is 5. The number of likely N-dealkylation sites (tertiary alicyclic amines) is 3. The number of rotatable bonds is 21. The van der Waals surface area contributed by atoms with E-state index in [1.165, 1.54) is 27.2 Å². The number of nitrogens with two attached hydrogens (primary N) is 1. The van der Waals surface area contributed by atoms with Crippen LogP contribution in [-0.2, 0) is 49.6 Å². The Morgan fingerprint density at radius 2 is 1.16 bits per heavy atom. The van der Waals surface area contributed by atoms with Crippen molar-refractivity contribution in [1.29, 1.82) is 0 Å². The van der Waals surface area contributed by atoms with E-state index in [0.29, 0.717) is 37.8 Å². The van der Waals surface area contributed by atoms with Crippen molar-refractivity contribution < 1.29 is 53.4 Å². The van der Waals surface area contributed by atoms with Crippen LogP contribution in [0.5, 0.6) is 0 Å². The number of hydrogen-bond donors (Lipinski definition) is 8. The minimum Gasteiger partial charge on any atom is -0.481 e. The number of carboxylic acid groups (broad SMARTS) is 2. The molecule has 0 saturated carbocycles. The molecule has 0 bridgehead atoms. The van der Waals surface area contributed by atoms with Crippen molar-refractivity contribution in [2.75, 3.05) is 19.6 Å². The number of hydrogen-bond acceptors (Lipinski definition) is 11. The molecule has 3 saturated heterocycles. The molecule has 0 aliphatic carbocycles. The first kappa shape index (κ1) is 50.0. The second-order valence-corrected chi connectivity index (χ2v) is 18.0. The summed E-state index contributed by atoms with van der Waals surface area (Å²) in [5, 5.41) is 29.7. The molecule has 350 valence electrons. The third-order valence-electron chi connectivity index (χ3n) is 11.7. The molecule has 0 unspecified atom stereocenters. The lowest BCUT2D eigenvalue weighted by Crippen LogP contribution is -2.60. The summed E-state index contributed by atoms with van der Waals surface area (Å²) in [6.07, 6.45) is 5.00. The van der Waals surface area contributed by atoms with Gasteiger partial charge in [-0.2, -0.15) is 0 Å². The van der Waals surface area contributed by atoms with Crippen molar-refractivity contribution in [1.82, 2.24) is 45.9 Å². The molecule has 4 heterocycles. The summed E-state index contributed by atoms with van der Waals surface area (Å²) in [6.45, 7) is 11.6. The van der Waals surface area contributed by atoms with Crippen LogP contribution in [0.25, 0.3) is 0 Å². The van der Waals surface area contributed by atoms with Crippen molar-refractivity contribution >= 4 is 53.3 Å². The summed E-state index contributed by atoms with van der Waals surface area (Å²) < 4.78 is 0. The maximum absolute atomic E-state index is 14.3. The van der Waals surface area contributed by atoms with Crippen LogP contribution in [0.1, 0.15) is 105 Å². The summed E-state index contributed by atoms with van der Waals surface area (Å²) in [4.78, 5) is 131. The standard InChI is InChI=1S/C42H66N10O11/c1-22(2)16-28(39(59)50-13-7-10-30(50)37(57)48-29(17-23(3)4)40(60)52-15-9-12-32(52)42(62)63)47-38(58)31-11-8-14-51(31)41(61)34(24(5)6)49-36(56)27(18-25-20-44-21-45-25)46-35(55)26(43)19-33(53)54/h20-24,26-32,34H,7-19,43H2,1-6H3,(H,44,45)(H,46,55)(H,47,58)(H,48,57)(H,49,56)(H,53,54)(H,62,63)/t26-,27-,28-,29-,30-,31-,32-,34-/m0/s1. The van der Waals surface area contributed by atoms with E-state index in [1.54, 1.807) is 13.8 Å². The summed E-state index contributed by atoms with van der Waals surface area (Å²) >= 11 is 0. The van der Waals surface area contributed by atoms with Gasteiger partial charge in [0, 0.05) is 32.3 Å². The first-order chi connectivity index (χ1) is 29.7. The van der Waals surface area contributed by atoms with Gasteiger partial charge in [0.1, 0.15) is 42.3 Å². The minimum atomic E-state index is -1.45. The second kappa shape index (κ2) is 22.7. The molecular weight excluding hydrogens is 821 g/mol. The van der Waals surface area contributed by atoms with Crippen LogP contribution in [0.3, 0.4) is 0 Å². The van der Waals surface area contributed by atoms with Gasteiger partial charge in [0.05, 0.1) is 24.5 Å². The number of nitrogens with zero attached hydrogens (tertiary/aromatic N) is 4. The van der Waals surface area contributed by atoms with E-state index in [-0.39, 0.29) is 57.2 Å². The van der Waals surface area contributed by atoms with Gasteiger partial charge in [-0.15, -0.1) is 0 Å². The number of carbonyl (C=O) groups is 9. The zero-order chi connectivity index (χ0) is 46.7. The van der Waals surface area contributed by atoms with Gasteiger partial charge in [0.2, 0.25) is 41.4 Å². The molecule has 8 atom stereocenters.